The molecule has 1 atom stereocenters. The van der Waals surface area contributed by atoms with Crippen molar-refractivity contribution in [2.75, 3.05) is 6.54 Å². The third-order valence-corrected chi connectivity index (χ3v) is 4.24. The molecule has 0 fully saturated rings. The molecule has 1 aromatic rings. The summed E-state index contributed by atoms with van der Waals surface area (Å²) in [6.07, 6.45) is 5.76. The summed E-state index contributed by atoms with van der Waals surface area (Å²) in [4.78, 5) is 14.5. The van der Waals surface area contributed by atoms with Crippen LogP contribution in [0, 0.1) is 6.92 Å². The largest absolute Gasteiger partial charge is 0.352 e. The molecule has 5 heteroatoms. The van der Waals surface area contributed by atoms with Crippen LogP contribution >= 0.6 is 23.7 Å². The van der Waals surface area contributed by atoms with E-state index in [1.807, 2.05) is 11.3 Å². The van der Waals surface area contributed by atoms with Crippen molar-refractivity contribution in [2.45, 2.75) is 58.4 Å². The molecule has 0 radical (unpaired) electrons. The number of carbonyl (C=O) groups excluding carboxylic acids is 1. The highest BCUT2D eigenvalue weighted by atomic mass is 35.5. The van der Waals surface area contributed by atoms with Crippen LogP contribution in [0.4, 0.5) is 0 Å². The highest BCUT2D eigenvalue weighted by Crippen LogP contribution is 2.17. The number of unbranched alkanes of at least 4 members (excludes halogenated alkanes) is 1. The molecule has 3 nitrogen and oxygen atoms in total. The first kappa shape index (κ1) is 19.4. The van der Waals surface area contributed by atoms with E-state index in [2.05, 4.69) is 31.3 Å². The summed E-state index contributed by atoms with van der Waals surface area (Å²) in [5.74, 6) is 0.139. The fourth-order valence-corrected chi connectivity index (χ4v) is 2.97. The lowest BCUT2D eigenvalue weighted by Gasteiger charge is -2.16. The lowest BCUT2D eigenvalue weighted by Crippen LogP contribution is -2.40. The second-order valence-corrected chi connectivity index (χ2v) is 6.38. The number of rotatable bonds is 9. The van der Waals surface area contributed by atoms with Gasteiger partial charge in [0.2, 0.25) is 5.91 Å². The van der Waals surface area contributed by atoms with Gasteiger partial charge in [-0.1, -0.05) is 19.8 Å². The topological polar surface area (TPSA) is 55.1 Å². The monoisotopic (exact) mass is 318 g/mol. The number of hydrogen-bond acceptors (Lipinski definition) is 3. The Morgan fingerprint density at radius 3 is 2.70 bits per heavy atom. The molecule has 0 aliphatic heterocycles. The molecule has 0 saturated carbocycles. The fraction of sp³-hybridized carbons (Fsp3) is 0.667. The molecule has 1 aromatic heterocycles. The van der Waals surface area contributed by atoms with Gasteiger partial charge >= 0.3 is 0 Å². The molecule has 0 aliphatic carbocycles. The average Bonchev–Trinajstić information content (AvgIpc) is 2.80. The lowest BCUT2D eigenvalue weighted by molar-refractivity contribution is -0.121. The number of thiophene rings is 1. The molecule has 1 amide bonds. The van der Waals surface area contributed by atoms with Crippen LogP contribution in [-0.4, -0.2) is 18.5 Å². The standard InChI is InChI=1S/C15H26N2OS.ClH/c1-3-4-6-13(11-16)17-15(18)8-5-7-14-10-9-12(2)19-14;/h9-10,13H,3-8,11,16H2,1-2H3,(H,17,18);1H. The minimum atomic E-state index is 0. The minimum Gasteiger partial charge on any atom is -0.352 e. The average molecular weight is 319 g/mol. The van der Waals surface area contributed by atoms with Crippen molar-refractivity contribution in [3.63, 3.8) is 0 Å². The number of halogens is 1. The third kappa shape index (κ3) is 7.88. The number of hydrogen-bond donors (Lipinski definition) is 2. The SMILES string of the molecule is CCCCC(CN)NC(=O)CCCc1ccc(C)s1.Cl. The summed E-state index contributed by atoms with van der Waals surface area (Å²) in [6.45, 7) is 4.80. The molecule has 3 N–H and O–H groups in total. The highest BCUT2D eigenvalue weighted by Gasteiger charge is 2.10. The first-order chi connectivity index (χ1) is 9.15. The summed E-state index contributed by atoms with van der Waals surface area (Å²) in [6, 6.07) is 4.44. The minimum absolute atomic E-state index is 0. The highest BCUT2D eigenvalue weighted by molar-refractivity contribution is 7.11. The molecular formula is C15H27ClN2OS. The van der Waals surface area contributed by atoms with Gasteiger partial charge in [-0.15, -0.1) is 23.7 Å². The third-order valence-electron chi connectivity index (χ3n) is 3.18. The summed E-state index contributed by atoms with van der Waals surface area (Å²) in [5.41, 5.74) is 5.67. The molecule has 0 spiro atoms. The van der Waals surface area contributed by atoms with Crippen LogP contribution in [0.15, 0.2) is 12.1 Å². The number of amides is 1. The summed E-state index contributed by atoms with van der Waals surface area (Å²) >= 11 is 1.82. The Bertz CT molecular complexity index is 382. The molecule has 1 rings (SSSR count). The van der Waals surface area contributed by atoms with Gasteiger partial charge in [-0.05, 0) is 38.3 Å². The lowest BCUT2D eigenvalue weighted by atomic mass is 10.1. The van der Waals surface area contributed by atoms with Crippen molar-refractivity contribution < 1.29 is 4.79 Å². The van der Waals surface area contributed by atoms with Gasteiger partial charge in [-0.25, -0.2) is 0 Å². The second kappa shape index (κ2) is 11.1. The Balaban J connectivity index is 0.00000361. The number of carbonyl (C=O) groups is 1. The van der Waals surface area contributed by atoms with Crippen molar-refractivity contribution in [2.24, 2.45) is 5.73 Å². The van der Waals surface area contributed by atoms with Crippen LogP contribution in [0.3, 0.4) is 0 Å². The van der Waals surface area contributed by atoms with Gasteiger partial charge in [0.1, 0.15) is 0 Å². The zero-order chi connectivity index (χ0) is 14.1. The Labute approximate surface area is 132 Å². The van der Waals surface area contributed by atoms with E-state index in [0.29, 0.717) is 13.0 Å². The maximum Gasteiger partial charge on any atom is 0.220 e. The van der Waals surface area contributed by atoms with E-state index in [9.17, 15) is 4.79 Å². The Kier molecular flexibility index (Phi) is 10.8. The van der Waals surface area contributed by atoms with Crippen LogP contribution in [0.25, 0.3) is 0 Å². The van der Waals surface area contributed by atoms with Gasteiger partial charge < -0.3 is 11.1 Å². The van der Waals surface area contributed by atoms with Gasteiger partial charge in [0.05, 0.1) is 0 Å². The molecule has 0 aromatic carbocycles. The van der Waals surface area contributed by atoms with Gasteiger partial charge in [-0.3, -0.25) is 4.79 Å². The van der Waals surface area contributed by atoms with Gasteiger partial charge in [0.25, 0.3) is 0 Å². The van der Waals surface area contributed by atoms with E-state index >= 15 is 0 Å². The van der Waals surface area contributed by atoms with Crippen LogP contribution in [-0.2, 0) is 11.2 Å². The first-order valence-electron chi connectivity index (χ1n) is 7.20. The van der Waals surface area contributed by atoms with Crippen molar-refractivity contribution in [3.05, 3.63) is 21.9 Å². The van der Waals surface area contributed by atoms with Crippen LogP contribution in [0.2, 0.25) is 0 Å². The molecule has 1 unspecified atom stereocenters. The van der Waals surface area contributed by atoms with Gasteiger partial charge in [0.15, 0.2) is 0 Å². The van der Waals surface area contributed by atoms with E-state index in [4.69, 9.17) is 5.73 Å². The molecule has 0 aliphatic rings. The molecule has 0 bridgehead atoms. The van der Waals surface area contributed by atoms with E-state index in [0.717, 1.165) is 32.1 Å². The predicted molar refractivity (Wildman–Crippen MR) is 89.8 cm³/mol. The van der Waals surface area contributed by atoms with E-state index in [1.54, 1.807) is 0 Å². The van der Waals surface area contributed by atoms with E-state index in [-0.39, 0.29) is 24.4 Å². The summed E-state index contributed by atoms with van der Waals surface area (Å²) in [5, 5.41) is 3.03. The molecule has 20 heavy (non-hydrogen) atoms. The molecule has 1 heterocycles. The molecule has 0 saturated heterocycles. The fourth-order valence-electron chi connectivity index (χ4n) is 2.04. The second-order valence-electron chi connectivity index (χ2n) is 5.01. The number of nitrogens with two attached hydrogens (primary N) is 1. The van der Waals surface area contributed by atoms with Crippen molar-refractivity contribution in [3.8, 4) is 0 Å². The Hall–Kier alpha value is -0.580. The molecular weight excluding hydrogens is 292 g/mol. The van der Waals surface area contributed by atoms with E-state index in [1.165, 1.54) is 9.75 Å². The summed E-state index contributed by atoms with van der Waals surface area (Å²) < 4.78 is 0. The number of nitrogens with one attached hydrogen (secondary N) is 1. The van der Waals surface area contributed by atoms with Crippen LogP contribution in [0.5, 0.6) is 0 Å². The summed E-state index contributed by atoms with van der Waals surface area (Å²) in [7, 11) is 0. The maximum absolute atomic E-state index is 11.8. The Morgan fingerprint density at radius 1 is 1.40 bits per heavy atom. The predicted octanol–water partition coefficient (Wildman–Crippen LogP) is 3.43. The van der Waals surface area contributed by atoms with E-state index < -0.39 is 0 Å². The Morgan fingerprint density at radius 2 is 2.15 bits per heavy atom. The normalized spacial score (nSPS) is 11.8. The number of aryl methyl sites for hydroxylation is 2. The van der Waals surface area contributed by atoms with Crippen LogP contribution < -0.4 is 11.1 Å². The molecule has 116 valence electrons. The maximum atomic E-state index is 11.8. The quantitative estimate of drug-likeness (QED) is 0.733. The van der Waals surface area contributed by atoms with Crippen molar-refractivity contribution in [1.82, 2.24) is 5.32 Å². The zero-order valence-corrected chi connectivity index (χ0v) is 14.1. The smallest absolute Gasteiger partial charge is 0.220 e. The van der Waals surface area contributed by atoms with Gasteiger partial charge in [-0.2, -0.15) is 0 Å². The first-order valence-corrected chi connectivity index (χ1v) is 8.02. The van der Waals surface area contributed by atoms with Crippen LogP contribution in [0.1, 0.15) is 48.8 Å². The zero-order valence-electron chi connectivity index (χ0n) is 12.5. The van der Waals surface area contributed by atoms with Gasteiger partial charge in [0, 0.05) is 28.8 Å². The van der Waals surface area contributed by atoms with Crippen molar-refractivity contribution in [1.29, 1.82) is 0 Å². The van der Waals surface area contributed by atoms with Crippen molar-refractivity contribution >= 4 is 29.7 Å².